The summed E-state index contributed by atoms with van der Waals surface area (Å²) in [7, 11) is 4.05. The van der Waals surface area contributed by atoms with Crippen molar-refractivity contribution >= 4 is 22.6 Å². The zero-order valence-electron chi connectivity index (χ0n) is 6.10. The van der Waals surface area contributed by atoms with Crippen LogP contribution in [0.1, 0.15) is 5.76 Å². The summed E-state index contributed by atoms with van der Waals surface area (Å²) in [4.78, 5) is 2.08. The first-order valence-electron chi connectivity index (χ1n) is 3.07. The molecule has 1 aromatic heterocycles. The molecule has 0 atom stereocenters. The quantitative estimate of drug-likeness (QED) is 0.747. The maximum Gasteiger partial charge on any atom is 0.164 e. The van der Waals surface area contributed by atoms with Crippen molar-refractivity contribution in [2.45, 2.75) is 6.54 Å². The van der Waals surface area contributed by atoms with Gasteiger partial charge in [0.05, 0.1) is 6.54 Å². The van der Waals surface area contributed by atoms with Gasteiger partial charge in [0, 0.05) is 0 Å². The van der Waals surface area contributed by atoms with Crippen LogP contribution in [0.2, 0.25) is 0 Å². The van der Waals surface area contributed by atoms with Crippen molar-refractivity contribution in [2.75, 3.05) is 14.1 Å². The molecule has 0 unspecified atom stereocenters. The summed E-state index contributed by atoms with van der Waals surface area (Å²) in [5.74, 6) is 1.02. The third-order valence-electron chi connectivity index (χ3n) is 1.10. The maximum absolute atomic E-state index is 5.34. The molecular weight excluding hydrogens is 241 g/mol. The van der Waals surface area contributed by atoms with Gasteiger partial charge in [0.25, 0.3) is 0 Å². The van der Waals surface area contributed by atoms with Crippen molar-refractivity contribution in [3.05, 3.63) is 21.7 Å². The van der Waals surface area contributed by atoms with Gasteiger partial charge < -0.3 is 9.32 Å². The molecule has 10 heavy (non-hydrogen) atoms. The van der Waals surface area contributed by atoms with Crippen LogP contribution < -0.4 is 0 Å². The van der Waals surface area contributed by atoms with Crippen LogP contribution in [0.15, 0.2) is 16.5 Å². The predicted molar refractivity (Wildman–Crippen MR) is 48.8 cm³/mol. The summed E-state index contributed by atoms with van der Waals surface area (Å²) in [6.07, 6.45) is 0. The molecule has 0 aliphatic heterocycles. The molecule has 0 fully saturated rings. The molecule has 0 aliphatic rings. The van der Waals surface area contributed by atoms with Gasteiger partial charge in [-0.3, -0.25) is 0 Å². The van der Waals surface area contributed by atoms with Crippen LogP contribution >= 0.6 is 22.6 Å². The van der Waals surface area contributed by atoms with Gasteiger partial charge in [-0.25, -0.2) is 0 Å². The summed E-state index contributed by atoms with van der Waals surface area (Å²) >= 11 is 2.16. The Morgan fingerprint density at radius 1 is 1.50 bits per heavy atom. The minimum atomic E-state index is 0.878. The Kier molecular flexibility index (Phi) is 2.73. The van der Waals surface area contributed by atoms with Crippen molar-refractivity contribution in [2.24, 2.45) is 0 Å². The van der Waals surface area contributed by atoms with Crippen LogP contribution in [0.25, 0.3) is 0 Å². The first kappa shape index (κ1) is 8.07. The van der Waals surface area contributed by atoms with Crippen molar-refractivity contribution in [3.8, 4) is 0 Å². The summed E-state index contributed by atoms with van der Waals surface area (Å²) in [6, 6.07) is 3.97. The van der Waals surface area contributed by atoms with Gasteiger partial charge in [0.2, 0.25) is 0 Å². The molecule has 0 bridgehead atoms. The van der Waals surface area contributed by atoms with E-state index >= 15 is 0 Å². The lowest BCUT2D eigenvalue weighted by Gasteiger charge is -2.04. The molecule has 56 valence electrons. The van der Waals surface area contributed by atoms with Gasteiger partial charge in [0.15, 0.2) is 3.77 Å². The molecule has 1 heterocycles. The van der Waals surface area contributed by atoms with Crippen molar-refractivity contribution in [1.82, 2.24) is 4.90 Å². The average molecular weight is 251 g/mol. The molecule has 3 heteroatoms. The third-order valence-corrected chi connectivity index (χ3v) is 1.68. The number of rotatable bonds is 2. The van der Waals surface area contributed by atoms with E-state index in [0.29, 0.717) is 0 Å². The minimum absolute atomic E-state index is 0.878. The molecule has 1 aromatic rings. The van der Waals surface area contributed by atoms with Crippen LogP contribution in [0.4, 0.5) is 0 Å². The zero-order valence-corrected chi connectivity index (χ0v) is 8.25. The van der Waals surface area contributed by atoms with Crippen molar-refractivity contribution < 1.29 is 4.42 Å². The fourth-order valence-electron chi connectivity index (χ4n) is 0.748. The molecule has 0 saturated carbocycles. The Morgan fingerprint density at radius 3 is 2.60 bits per heavy atom. The Hall–Kier alpha value is -0.0300. The van der Waals surface area contributed by atoms with E-state index in [-0.39, 0.29) is 0 Å². The van der Waals surface area contributed by atoms with Crippen LogP contribution in [0.3, 0.4) is 0 Å². The predicted octanol–water partition coefficient (Wildman–Crippen LogP) is 1.95. The van der Waals surface area contributed by atoms with Gasteiger partial charge in [-0.1, -0.05) is 0 Å². The standard InChI is InChI=1S/C7H10INO/c1-9(2)5-6-3-4-7(8)10-6/h3-4H,5H2,1-2H3. The van der Waals surface area contributed by atoms with Crippen LogP contribution in [0.5, 0.6) is 0 Å². The van der Waals surface area contributed by atoms with E-state index in [2.05, 4.69) is 27.5 Å². The molecule has 0 aromatic carbocycles. The highest BCUT2D eigenvalue weighted by molar-refractivity contribution is 14.1. The van der Waals surface area contributed by atoms with Crippen LogP contribution in [0, 0.1) is 3.77 Å². The Labute approximate surface area is 74.3 Å². The van der Waals surface area contributed by atoms with Gasteiger partial charge in [-0.05, 0) is 48.8 Å². The van der Waals surface area contributed by atoms with E-state index in [1.165, 1.54) is 0 Å². The first-order chi connectivity index (χ1) is 4.68. The van der Waals surface area contributed by atoms with Gasteiger partial charge in [0.1, 0.15) is 5.76 Å². The van der Waals surface area contributed by atoms with Crippen LogP contribution in [-0.4, -0.2) is 19.0 Å². The lowest BCUT2D eigenvalue weighted by molar-refractivity contribution is 0.345. The van der Waals surface area contributed by atoms with E-state index in [4.69, 9.17) is 4.42 Å². The molecule has 0 spiro atoms. The smallest absolute Gasteiger partial charge is 0.164 e. The largest absolute Gasteiger partial charge is 0.454 e. The molecule has 0 aliphatic carbocycles. The molecule has 0 N–H and O–H groups in total. The fourth-order valence-corrected chi connectivity index (χ4v) is 1.21. The highest BCUT2D eigenvalue weighted by Gasteiger charge is 1.98. The molecule has 1 rings (SSSR count). The Bertz CT molecular complexity index is 207. The van der Waals surface area contributed by atoms with Crippen molar-refractivity contribution in [1.29, 1.82) is 0 Å². The summed E-state index contributed by atoms with van der Waals surface area (Å²) in [6.45, 7) is 0.878. The monoisotopic (exact) mass is 251 g/mol. The van der Waals surface area contributed by atoms with E-state index < -0.39 is 0 Å². The zero-order chi connectivity index (χ0) is 7.56. The Morgan fingerprint density at radius 2 is 2.20 bits per heavy atom. The molecular formula is C7H10INO. The van der Waals surface area contributed by atoms with Gasteiger partial charge in [-0.2, -0.15) is 0 Å². The second kappa shape index (κ2) is 3.39. The maximum atomic E-state index is 5.34. The van der Waals surface area contributed by atoms with E-state index in [9.17, 15) is 0 Å². The number of halogens is 1. The summed E-state index contributed by atoms with van der Waals surface area (Å²) < 4.78 is 6.29. The SMILES string of the molecule is CN(C)Cc1ccc(I)o1. The molecule has 0 radical (unpaired) electrons. The number of nitrogens with zero attached hydrogens (tertiary/aromatic N) is 1. The van der Waals surface area contributed by atoms with Gasteiger partial charge in [-0.15, -0.1) is 0 Å². The molecule has 2 nitrogen and oxygen atoms in total. The van der Waals surface area contributed by atoms with E-state index in [0.717, 1.165) is 16.1 Å². The minimum Gasteiger partial charge on any atom is -0.454 e. The van der Waals surface area contributed by atoms with Gasteiger partial charge >= 0.3 is 0 Å². The Balaban J connectivity index is 2.58. The lowest BCUT2D eigenvalue weighted by Crippen LogP contribution is -2.09. The fraction of sp³-hybridized carbons (Fsp3) is 0.429. The average Bonchev–Trinajstić information content (AvgIpc) is 2.13. The second-order valence-electron chi connectivity index (χ2n) is 2.44. The van der Waals surface area contributed by atoms with Crippen molar-refractivity contribution in [3.63, 3.8) is 0 Å². The number of furan rings is 1. The van der Waals surface area contributed by atoms with E-state index in [1.54, 1.807) is 0 Å². The van der Waals surface area contributed by atoms with E-state index in [1.807, 2.05) is 26.2 Å². The van der Waals surface area contributed by atoms with Crippen LogP contribution in [-0.2, 0) is 6.54 Å². The topological polar surface area (TPSA) is 16.4 Å². The first-order valence-corrected chi connectivity index (χ1v) is 4.15. The second-order valence-corrected chi connectivity index (χ2v) is 3.51. The summed E-state index contributed by atoms with van der Waals surface area (Å²) in [5.41, 5.74) is 0. The number of hydrogen-bond acceptors (Lipinski definition) is 2. The highest BCUT2D eigenvalue weighted by Crippen LogP contribution is 2.10. The number of hydrogen-bond donors (Lipinski definition) is 0. The normalized spacial score (nSPS) is 10.8. The molecule has 0 amide bonds. The third kappa shape index (κ3) is 2.30. The lowest BCUT2D eigenvalue weighted by atomic mass is 10.4. The summed E-state index contributed by atoms with van der Waals surface area (Å²) in [5, 5.41) is 0. The highest BCUT2D eigenvalue weighted by atomic mass is 127. The molecule has 0 saturated heterocycles.